The Balaban J connectivity index is 0.000000706. The summed E-state index contributed by atoms with van der Waals surface area (Å²) in [5.41, 5.74) is 8.03. The van der Waals surface area contributed by atoms with E-state index >= 15 is 0 Å². The minimum absolute atomic E-state index is 0.492. The monoisotopic (exact) mass is 483 g/mol. The van der Waals surface area contributed by atoms with Crippen molar-refractivity contribution in [2.45, 2.75) is 26.7 Å². The summed E-state index contributed by atoms with van der Waals surface area (Å²) >= 11 is -0.826. The first kappa shape index (κ1) is 21.4. The van der Waals surface area contributed by atoms with E-state index in [1.807, 2.05) is 0 Å². The van der Waals surface area contributed by atoms with Gasteiger partial charge in [-0.25, -0.2) is 0 Å². The molecule has 4 aromatic rings. The first-order valence-electron chi connectivity index (χ1n) is 9.37. The third-order valence-electron chi connectivity index (χ3n) is 4.97. The summed E-state index contributed by atoms with van der Waals surface area (Å²) in [4.78, 5) is 0. The zero-order valence-electron chi connectivity index (χ0n) is 16.3. The van der Waals surface area contributed by atoms with Gasteiger partial charge >= 0.3 is 37.9 Å². The molecule has 0 heterocycles. The van der Waals surface area contributed by atoms with E-state index in [9.17, 15) is 0 Å². The quantitative estimate of drug-likeness (QED) is 0.255. The normalized spacial score (nSPS) is 10.6. The molecule has 0 atom stereocenters. The Kier molecular flexibility index (Phi) is 7.64. The fourth-order valence-electron chi connectivity index (χ4n) is 3.81. The molecule has 0 N–H and O–H groups in total. The van der Waals surface area contributed by atoms with Gasteiger partial charge in [-0.1, -0.05) is 87.0 Å². The van der Waals surface area contributed by atoms with Crippen LogP contribution in [-0.4, -0.2) is 0 Å². The summed E-state index contributed by atoms with van der Waals surface area (Å²) in [5.74, 6) is 0.492. The van der Waals surface area contributed by atoms with Crippen LogP contribution in [0.2, 0.25) is 0 Å². The average Bonchev–Trinajstić information content (AvgIpc) is 3.08. The predicted octanol–water partition coefficient (Wildman–Crippen LogP) is 8.70. The van der Waals surface area contributed by atoms with Crippen LogP contribution in [0.25, 0.3) is 33.0 Å². The number of rotatable bonds is 3. The van der Waals surface area contributed by atoms with Gasteiger partial charge in [-0.15, -0.1) is 28.5 Å². The van der Waals surface area contributed by atoms with Gasteiger partial charge in [0.05, 0.1) is 0 Å². The molecule has 3 heteroatoms. The number of fused-ring (bicyclic) bond motifs is 1. The molecule has 142 valence electrons. The Bertz CT molecular complexity index is 1050. The van der Waals surface area contributed by atoms with Crippen LogP contribution >= 0.6 is 17.0 Å². The molecule has 0 aliphatic rings. The summed E-state index contributed by atoms with van der Waals surface area (Å²) in [6.07, 6.45) is 0. The molecule has 4 aromatic carbocycles. The van der Waals surface area contributed by atoms with Crippen molar-refractivity contribution in [2.24, 2.45) is 0 Å². The summed E-state index contributed by atoms with van der Waals surface area (Å²) in [6.45, 7) is 6.73. The van der Waals surface area contributed by atoms with E-state index in [0.717, 1.165) is 0 Å². The Morgan fingerprint density at radius 2 is 1.46 bits per heavy atom. The topological polar surface area (TPSA) is 0 Å². The molecule has 0 nitrogen and oxygen atoms in total. The number of halogens is 2. The second-order valence-corrected chi connectivity index (χ2v) is 10.9. The van der Waals surface area contributed by atoms with E-state index in [0.29, 0.717) is 5.92 Å². The van der Waals surface area contributed by atoms with Gasteiger partial charge in [0.2, 0.25) is 0 Å². The molecule has 0 saturated carbocycles. The summed E-state index contributed by atoms with van der Waals surface area (Å²) < 4.78 is 0. The summed E-state index contributed by atoms with van der Waals surface area (Å²) in [7, 11) is 9.87. The van der Waals surface area contributed by atoms with E-state index in [1.54, 1.807) is 0 Å². The molecule has 0 aliphatic carbocycles. The number of hydrogen-bond acceptors (Lipinski definition) is 0. The third kappa shape index (κ3) is 4.65. The molecule has 0 aromatic heterocycles. The van der Waals surface area contributed by atoms with Crippen molar-refractivity contribution in [2.75, 3.05) is 0 Å². The molecule has 0 amide bonds. The van der Waals surface area contributed by atoms with Crippen LogP contribution in [0, 0.1) is 6.92 Å². The predicted molar refractivity (Wildman–Crippen MR) is 121 cm³/mol. The second-order valence-electron chi connectivity index (χ2n) is 7.20. The Morgan fingerprint density at radius 1 is 0.821 bits per heavy atom. The SMILES string of the molecule is Cc1cc2c(-c3ccccc3C(C)C)c(-c3ccccc3)ccc2[cH-]1.[Cl][Zr][Cl]. The maximum atomic E-state index is 4.93. The number of aryl methyl sites for hydroxylation is 1. The van der Waals surface area contributed by atoms with Crippen molar-refractivity contribution in [3.63, 3.8) is 0 Å². The number of benzene rings is 3. The van der Waals surface area contributed by atoms with Gasteiger partial charge in [0, 0.05) is 0 Å². The molecule has 4 rings (SSSR count). The van der Waals surface area contributed by atoms with Crippen molar-refractivity contribution in [3.8, 4) is 22.3 Å². The molecule has 0 unspecified atom stereocenters. The van der Waals surface area contributed by atoms with Gasteiger partial charge in [0.25, 0.3) is 0 Å². The molecule has 0 aliphatic heterocycles. The molecule has 0 saturated heterocycles. The van der Waals surface area contributed by atoms with E-state index in [2.05, 4.69) is 99.6 Å². The van der Waals surface area contributed by atoms with Crippen LogP contribution in [0.15, 0.2) is 78.9 Å². The van der Waals surface area contributed by atoms with E-state index < -0.39 is 20.8 Å². The maximum absolute atomic E-state index is 4.93. The first-order valence-corrected chi connectivity index (χ1v) is 15.7. The van der Waals surface area contributed by atoms with E-state index in [4.69, 9.17) is 17.0 Å². The van der Waals surface area contributed by atoms with Gasteiger partial charge in [-0.2, -0.15) is 6.07 Å². The van der Waals surface area contributed by atoms with Crippen LogP contribution in [0.5, 0.6) is 0 Å². The van der Waals surface area contributed by atoms with Crippen molar-refractivity contribution < 1.29 is 20.8 Å². The van der Waals surface area contributed by atoms with Crippen molar-refractivity contribution in [1.29, 1.82) is 0 Å². The fourth-order valence-corrected chi connectivity index (χ4v) is 3.81. The van der Waals surface area contributed by atoms with Gasteiger partial charge < -0.3 is 0 Å². The fraction of sp³-hybridized carbons (Fsp3) is 0.160. The van der Waals surface area contributed by atoms with Crippen LogP contribution in [0.3, 0.4) is 0 Å². The summed E-state index contributed by atoms with van der Waals surface area (Å²) in [6, 6.07) is 28.7. The molecule has 28 heavy (non-hydrogen) atoms. The molecule has 0 radical (unpaired) electrons. The zero-order valence-corrected chi connectivity index (χ0v) is 20.3. The summed E-state index contributed by atoms with van der Waals surface area (Å²) in [5, 5.41) is 2.68. The molecule has 0 fully saturated rings. The minimum atomic E-state index is -0.826. The zero-order chi connectivity index (χ0) is 20.1. The molecule has 0 spiro atoms. The second kappa shape index (κ2) is 9.97. The Hall–Kier alpha value is -1.27. The average molecular weight is 486 g/mol. The van der Waals surface area contributed by atoms with E-state index in [-0.39, 0.29) is 0 Å². The standard InChI is InChI=1S/C25H23.2ClH.Zr/c1-17(2)21-11-7-8-12-23(21)25-22(19-9-5-4-6-10-19)14-13-20-15-18(3)16-24(20)25;;;/h4-17H,1-3H3;2*1H;/q-1;;;+2/p-2. The van der Waals surface area contributed by atoms with Gasteiger partial charge in [0.1, 0.15) is 0 Å². The Labute approximate surface area is 186 Å². The Morgan fingerprint density at radius 3 is 2.14 bits per heavy atom. The first-order chi connectivity index (χ1) is 13.6. The molecular formula is C25H23Cl2Zr-. The van der Waals surface area contributed by atoms with E-state index in [1.165, 1.54) is 44.2 Å². The van der Waals surface area contributed by atoms with Gasteiger partial charge in [-0.05, 0) is 28.2 Å². The third-order valence-corrected chi connectivity index (χ3v) is 4.97. The van der Waals surface area contributed by atoms with Crippen molar-refractivity contribution >= 4 is 27.8 Å². The van der Waals surface area contributed by atoms with Gasteiger partial charge in [-0.3, -0.25) is 0 Å². The number of hydrogen-bond donors (Lipinski definition) is 0. The van der Waals surface area contributed by atoms with Crippen LogP contribution in [-0.2, 0) is 20.8 Å². The van der Waals surface area contributed by atoms with Crippen molar-refractivity contribution in [1.82, 2.24) is 0 Å². The van der Waals surface area contributed by atoms with Gasteiger partial charge in [0.15, 0.2) is 0 Å². The van der Waals surface area contributed by atoms with Crippen LogP contribution in [0.1, 0.15) is 30.9 Å². The van der Waals surface area contributed by atoms with Crippen LogP contribution in [0.4, 0.5) is 0 Å². The molecule has 0 bridgehead atoms. The molecular weight excluding hydrogens is 462 g/mol. The van der Waals surface area contributed by atoms with Crippen molar-refractivity contribution in [3.05, 3.63) is 90.0 Å². The van der Waals surface area contributed by atoms with Crippen LogP contribution < -0.4 is 0 Å².